The molecule has 1 atom stereocenters. The highest BCUT2D eigenvalue weighted by Gasteiger charge is 2.33. The largest absolute Gasteiger partial charge is 0.367 e. The van der Waals surface area contributed by atoms with Gasteiger partial charge in [-0.15, -0.1) is 0 Å². The SMILES string of the molecule is O=S(=O)(c1c(F)cccc1F)N1CCN(CC(OCc2c(F)cccc2F)c2ccc(Cl)cc2)CC1. The zero-order chi connectivity index (χ0) is 25.9. The first-order chi connectivity index (χ1) is 17.2. The van der Waals surface area contributed by atoms with Gasteiger partial charge in [-0.1, -0.05) is 35.9 Å². The quantitative estimate of drug-likeness (QED) is 0.369. The lowest BCUT2D eigenvalue weighted by atomic mass is 10.1. The number of nitrogens with zero attached hydrogens (tertiary/aromatic N) is 2. The Morgan fingerprint density at radius 2 is 1.33 bits per heavy atom. The number of benzene rings is 3. The third-order valence-electron chi connectivity index (χ3n) is 6.00. The number of piperazine rings is 1. The summed E-state index contributed by atoms with van der Waals surface area (Å²) in [5.74, 6) is -3.73. The maximum absolute atomic E-state index is 14.1. The first kappa shape index (κ1) is 26.6. The fourth-order valence-corrected chi connectivity index (χ4v) is 5.69. The van der Waals surface area contributed by atoms with Gasteiger partial charge in [0.1, 0.15) is 23.3 Å². The Bertz CT molecular complexity index is 1280. The lowest BCUT2D eigenvalue weighted by Crippen LogP contribution is -2.49. The molecule has 0 bridgehead atoms. The first-order valence-corrected chi connectivity index (χ1v) is 12.9. The average molecular weight is 543 g/mol. The van der Waals surface area contributed by atoms with E-state index in [1.807, 2.05) is 4.90 Å². The van der Waals surface area contributed by atoms with E-state index in [9.17, 15) is 26.0 Å². The summed E-state index contributed by atoms with van der Waals surface area (Å²) in [7, 11) is -4.36. The Morgan fingerprint density at radius 1 is 0.806 bits per heavy atom. The summed E-state index contributed by atoms with van der Waals surface area (Å²) in [5, 5.41) is 0.511. The van der Waals surface area contributed by atoms with Crippen LogP contribution in [-0.4, -0.2) is 50.3 Å². The Kier molecular flexibility index (Phi) is 8.31. The summed E-state index contributed by atoms with van der Waals surface area (Å²) in [6, 6.07) is 13.3. The fourth-order valence-electron chi connectivity index (χ4n) is 4.03. The molecule has 1 heterocycles. The lowest BCUT2D eigenvalue weighted by molar-refractivity contribution is 0.00545. The molecule has 0 saturated carbocycles. The van der Waals surface area contributed by atoms with E-state index in [4.69, 9.17) is 16.3 Å². The van der Waals surface area contributed by atoms with Crippen LogP contribution in [0.2, 0.25) is 5.02 Å². The highest BCUT2D eigenvalue weighted by Crippen LogP contribution is 2.27. The minimum Gasteiger partial charge on any atom is -0.367 e. The van der Waals surface area contributed by atoms with E-state index in [0.717, 1.165) is 40.2 Å². The van der Waals surface area contributed by atoms with E-state index in [1.54, 1.807) is 24.3 Å². The molecule has 5 nitrogen and oxygen atoms in total. The fraction of sp³-hybridized carbons (Fsp3) is 0.280. The summed E-state index contributed by atoms with van der Waals surface area (Å²) in [6.45, 7) is 0.511. The van der Waals surface area contributed by atoms with Crippen molar-refractivity contribution < 1.29 is 30.7 Å². The van der Waals surface area contributed by atoms with Crippen molar-refractivity contribution >= 4 is 21.6 Å². The molecule has 11 heteroatoms. The number of rotatable bonds is 8. The summed E-state index contributed by atoms with van der Waals surface area (Å²) < 4.78 is 89.1. The first-order valence-electron chi connectivity index (χ1n) is 11.1. The van der Waals surface area contributed by atoms with Gasteiger partial charge in [-0.2, -0.15) is 4.31 Å². The molecule has 1 saturated heterocycles. The second-order valence-corrected chi connectivity index (χ2v) is 10.6. The molecule has 0 N–H and O–H groups in total. The van der Waals surface area contributed by atoms with Crippen LogP contribution in [-0.2, 0) is 21.4 Å². The molecule has 1 fully saturated rings. The van der Waals surface area contributed by atoms with Gasteiger partial charge in [-0.05, 0) is 42.0 Å². The molecule has 1 aliphatic heterocycles. The summed E-state index contributed by atoms with van der Waals surface area (Å²) in [6.07, 6.45) is -0.603. The molecule has 3 aromatic rings. The van der Waals surface area contributed by atoms with E-state index in [-0.39, 0.29) is 38.3 Å². The van der Waals surface area contributed by atoms with Crippen LogP contribution < -0.4 is 0 Å². The number of hydrogen-bond donors (Lipinski definition) is 0. The predicted octanol–water partition coefficient (Wildman–Crippen LogP) is 5.16. The van der Waals surface area contributed by atoms with Crippen LogP contribution in [0, 0.1) is 23.3 Å². The van der Waals surface area contributed by atoms with Gasteiger partial charge in [0.2, 0.25) is 10.0 Å². The van der Waals surface area contributed by atoms with Crippen molar-refractivity contribution in [2.24, 2.45) is 0 Å². The molecule has 4 rings (SSSR count). The molecule has 3 aromatic carbocycles. The zero-order valence-electron chi connectivity index (χ0n) is 19.0. The molecule has 0 aliphatic carbocycles. The van der Waals surface area contributed by atoms with Gasteiger partial charge >= 0.3 is 0 Å². The van der Waals surface area contributed by atoms with Crippen LogP contribution in [0.3, 0.4) is 0 Å². The highest BCUT2D eigenvalue weighted by molar-refractivity contribution is 7.89. The van der Waals surface area contributed by atoms with Crippen LogP contribution in [0.15, 0.2) is 65.6 Å². The number of halogens is 5. The van der Waals surface area contributed by atoms with Crippen molar-refractivity contribution in [2.45, 2.75) is 17.6 Å². The van der Waals surface area contributed by atoms with E-state index in [0.29, 0.717) is 11.6 Å². The van der Waals surface area contributed by atoms with Crippen LogP contribution >= 0.6 is 11.6 Å². The number of sulfonamides is 1. The van der Waals surface area contributed by atoms with E-state index >= 15 is 0 Å². The van der Waals surface area contributed by atoms with Crippen LogP contribution in [0.5, 0.6) is 0 Å². The molecule has 1 unspecified atom stereocenters. The Labute approximate surface area is 211 Å². The summed E-state index contributed by atoms with van der Waals surface area (Å²) in [5.41, 5.74) is 0.527. The molecule has 0 amide bonds. The number of hydrogen-bond acceptors (Lipinski definition) is 4. The van der Waals surface area contributed by atoms with Gasteiger partial charge in [0.25, 0.3) is 0 Å². The zero-order valence-corrected chi connectivity index (χ0v) is 20.6. The molecular formula is C25H23ClF4N2O3S. The molecule has 0 aromatic heterocycles. The topological polar surface area (TPSA) is 49.9 Å². The predicted molar refractivity (Wildman–Crippen MR) is 127 cm³/mol. The van der Waals surface area contributed by atoms with Gasteiger partial charge < -0.3 is 4.74 Å². The Morgan fingerprint density at radius 3 is 1.89 bits per heavy atom. The molecule has 0 spiro atoms. The van der Waals surface area contributed by atoms with Crippen LogP contribution in [0.4, 0.5) is 17.6 Å². The number of ether oxygens (including phenoxy) is 1. The lowest BCUT2D eigenvalue weighted by Gasteiger charge is -2.36. The smallest absolute Gasteiger partial charge is 0.249 e. The van der Waals surface area contributed by atoms with Crippen molar-refractivity contribution in [3.63, 3.8) is 0 Å². The molecular weight excluding hydrogens is 520 g/mol. The van der Waals surface area contributed by atoms with Gasteiger partial charge in [0.15, 0.2) is 4.90 Å². The normalized spacial score (nSPS) is 16.2. The maximum Gasteiger partial charge on any atom is 0.249 e. The average Bonchev–Trinajstić information content (AvgIpc) is 2.83. The standard InChI is InChI=1S/C25H23ClF4N2O3S/c26-18-9-7-17(8-10-18)24(35-16-19-20(27)3-1-4-21(19)28)15-31-11-13-32(14-12-31)36(33,34)25-22(29)5-2-6-23(25)30/h1-10,24H,11-16H2. The van der Waals surface area contributed by atoms with Gasteiger partial charge in [-0.25, -0.2) is 26.0 Å². The Hall–Kier alpha value is -2.50. The second-order valence-electron chi connectivity index (χ2n) is 8.31. The maximum atomic E-state index is 14.1. The van der Waals surface area contributed by atoms with Crippen molar-refractivity contribution in [1.29, 1.82) is 0 Å². The summed E-state index contributed by atoms with van der Waals surface area (Å²) in [4.78, 5) is 0.952. The molecule has 192 valence electrons. The Balaban J connectivity index is 1.46. The third-order valence-corrected chi connectivity index (χ3v) is 8.21. The van der Waals surface area contributed by atoms with Gasteiger partial charge in [-0.3, -0.25) is 4.90 Å². The molecule has 0 radical (unpaired) electrons. The van der Waals surface area contributed by atoms with E-state index in [2.05, 4.69) is 0 Å². The van der Waals surface area contributed by atoms with Crippen molar-refractivity contribution in [3.05, 3.63) is 100 Å². The van der Waals surface area contributed by atoms with Crippen molar-refractivity contribution in [1.82, 2.24) is 9.21 Å². The van der Waals surface area contributed by atoms with E-state index < -0.39 is 44.3 Å². The second kappa shape index (κ2) is 11.3. The minimum atomic E-state index is -4.36. The van der Waals surface area contributed by atoms with E-state index in [1.165, 1.54) is 6.07 Å². The van der Waals surface area contributed by atoms with Crippen molar-refractivity contribution in [3.8, 4) is 0 Å². The van der Waals surface area contributed by atoms with Crippen LogP contribution in [0.1, 0.15) is 17.2 Å². The molecule has 36 heavy (non-hydrogen) atoms. The van der Waals surface area contributed by atoms with Gasteiger partial charge in [0.05, 0.1) is 12.7 Å². The third kappa shape index (κ3) is 5.90. The highest BCUT2D eigenvalue weighted by atomic mass is 35.5. The van der Waals surface area contributed by atoms with Crippen molar-refractivity contribution in [2.75, 3.05) is 32.7 Å². The van der Waals surface area contributed by atoms with Crippen LogP contribution in [0.25, 0.3) is 0 Å². The van der Waals surface area contributed by atoms with Gasteiger partial charge in [0, 0.05) is 43.3 Å². The summed E-state index contributed by atoms with van der Waals surface area (Å²) >= 11 is 5.99. The monoisotopic (exact) mass is 542 g/mol. The minimum absolute atomic E-state index is 0.00534. The molecule has 1 aliphatic rings.